The first-order valence-corrected chi connectivity index (χ1v) is 8.31. The van der Waals surface area contributed by atoms with Crippen molar-refractivity contribution in [1.29, 1.82) is 0 Å². The molecule has 1 aliphatic heterocycles. The van der Waals surface area contributed by atoms with Gasteiger partial charge >= 0.3 is 0 Å². The van der Waals surface area contributed by atoms with Crippen LogP contribution in [-0.2, 0) is 0 Å². The van der Waals surface area contributed by atoms with Gasteiger partial charge in [0.15, 0.2) is 0 Å². The Labute approximate surface area is 140 Å². The second-order valence-corrected chi connectivity index (χ2v) is 7.37. The summed E-state index contributed by atoms with van der Waals surface area (Å²) >= 11 is 0. The number of benzene rings is 1. The van der Waals surface area contributed by atoms with Gasteiger partial charge in [-0.25, -0.2) is 4.39 Å². The summed E-state index contributed by atoms with van der Waals surface area (Å²) in [6.45, 7) is 16.1. The van der Waals surface area contributed by atoms with E-state index in [1.807, 2.05) is 13.0 Å². The van der Waals surface area contributed by atoms with E-state index in [1.165, 1.54) is 23.8 Å². The first-order valence-electron chi connectivity index (χ1n) is 8.31. The highest BCUT2D eigenvalue weighted by molar-refractivity contribution is 5.74. The quantitative estimate of drug-likeness (QED) is 0.694. The van der Waals surface area contributed by atoms with E-state index in [-0.39, 0.29) is 11.2 Å². The smallest absolute Gasteiger partial charge is 0.123 e. The van der Waals surface area contributed by atoms with Gasteiger partial charge in [0.25, 0.3) is 0 Å². The third kappa shape index (κ3) is 3.93. The van der Waals surface area contributed by atoms with Crippen LogP contribution in [0.2, 0.25) is 0 Å². The summed E-state index contributed by atoms with van der Waals surface area (Å²) < 4.78 is 13.2. The maximum Gasteiger partial charge on any atom is 0.123 e. The van der Waals surface area contributed by atoms with Crippen LogP contribution in [0.1, 0.15) is 45.2 Å². The van der Waals surface area contributed by atoms with Gasteiger partial charge in [0, 0.05) is 17.7 Å². The van der Waals surface area contributed by atoms with E-state index in [1.54, 1.807) is 12.1 Å². The number of hydrogen-bond donors (Lipinski definition) is 1. The molecule has 0 saturated heterocycles. The molecule has 1 aromatic carbocycles. The maximum absolute atomic E-state index is 13.2. The van der Waals surface area contributed by atoms with Crippen molar-refractivity contribution in [2.45, 2.75) is 41.0 Å². The van der Waals surface area contributed by atoms with E-state index in [4.69, 9.17) is 0 Å². The Hall–Kier alpha value is -1.83. The van der Waals surface area contributed by atoms with Crippen molar-refractivity contribution in [3.63, 3.8) is 0 Å². The molecule has 0 saturated carbocycles. The Balaban J connectivity index is 2.18. The molecule has 0 amide bonds. The lowest BCUT2D eigenvalue weighted by Gasteiger charge is -2.27. The topological polar surface area (TPSA) is 12.0 Å². The average molecular weight is 313 g/mol. The van der Waals surface area contributed by atoms with Gasteiger partial charge in [0.1, 0.15) is 5.82 Å². The highest BCUT2D eigenvalue weighted by Crippen LogP contribution is 2.39. The van der Waals surface area contributed by atoms with E-state index in [0.717, 1.165) is 23.2 Å². The zero-order valence-electron chi connectivity index (χ0n) is 15.0. The van der Waals surface area contributed by atoms with Crippen LogP contribution in [0.25, 0.3) is 5.57 Å². The Bertz CT molecular complexity index is 666. The van der Waals surface area contributed by atoms with E-state index in [2.05, 4.69) is 45.7 Å². The summed E-state index contributed by atoms with van der Waals surface area (Å²) in [5.41, 5.74) is 5.63. The van der Waals surface area contributed by atoms with E-state index >= 15 is 0 Å². The summed E-state index contributed by atoms with van der Waals surface area (Å²) in [6.07, 6.45) is 5.31. The summed E-state index contributed by atoms with van der Waals surface area (Å²) in [4.78, 5) is 0. The maximum atomic E-state index is 13.2. The molecule has 2 heteroatoms. The highest BCUT2D eigenvalue weighted by Gasteiger charge is 2.33. The van der Waals surface area contributed by atoms with Gasteiger partial charge in [-0.1, -0.05) is 39.5 Å². The molecule has 0 spiro atoms. The molecule has 1 atom stereocenters. The fourth-order valence-electron chi connectivity index (χ4n) is 3.45. The van der Waals surface area contributed by atoms with Crippen LogP contribution in [0.5, 0.6) is 0 Å². The summed E-state index contributed by atoms with van der Waals surface area (Å²) in [7, 11) is 0. The molecule has 1 unspecified atom stereocenters. The van der Waals surface area contributed by atoms with Gasteiger partial charge in [0.05, 0.1) is 0 Å². The molecule has 1 N–H and O–H groups in total. The van der Waals surface area contributed by atoms with Crippen molar-refractivity contribution >= 4 is 5.57 Å². The van der Waals surface area contributed by atoms with Crippen LogP contribution in [0.3, 0.4) is 0 Å². The predicted molar refractivity (Wildman–Crippen MR) is 97.6 cm³/mol. The van der Waals surface area contributed by atoms with E-state index in [9.17, 15) is 4.39 Å². The molecule has 0 bridgehead atoms. The normalized spacial score (nSPS) is 21.3. The fourth-order valence-corrected chi connectivity index (χ4v) is 3.45. The monoisotopic (exact) mass is 313 g/mol. The summed E-state index contributed by atoms with van der Waals surface area (Å²) in [5, 5.41) is 3.52. The number of hydrogen-bond acceptors (Lipinski definition) is 1. The van der Waals surface area contributed by atoms with Gasteiger partial charge in [-0.2, -0.15) is 0 Å². The SMILES string of the molecule is C=C(/C=C\C1=C(C)C(C)(CC(C)C)CN1)c1ccc(F)cc1C. The molecule has 1 aliphatic rings. The van der Waals surface area contributed by atoms with Gasteiger partial charge in [-0.05, 0) is 66.7 Å². The molecule has 0 aromatic heterocycles. The number of aryl methyl sites for hydroxylation is 1. The average Bonchev–Trinajstić information content (AvgIpc) is 2.71. The number of halogens is 1. The second kappa shape index (κ2) is 6.74. The largest absolute Gasteiger partial charge is 0.384 e. The van der Waals surface area contributed by atoms with Gasteiger partial charge < -0.3 is 5.32 Å². The minimum absolute atomic E-state index is 0.205. The van der Waals surface area contributed by atoms with Crippen LogP contribution in [-0.4, -0.2) is 6.54 Å². The number of nitrogens with one attached hydrogen (secondary N) is 1. The predicted octanol–water partition coefficient (Wildman–Crippen LogP) is 5.63. The second-order valence-electron chi connectivity index (χ2n) is 7.37. The standard InChI is InChI=1S/C21H28FN/c1-14(2)12-21(6)13-23-20(17(21)5)10-7-15(3)19-9-8-18(22)11-16(19)4/h7-11,14,23H,3,12-13H2,1-2,4-6H3/b10-7-. The minimum atomic E-state index is -0.205. The summed E-state index contributed by atoms with van der Waals surface area (Å²) in [5.74, 6) is 0.473. The molecule has 1 heterocycles. The number of rotatable bonds is 5. The summed E-state index contributed by atoms with van der Waals surface area (Å²) in [6, 6.07) is 4.83. The van der Waals surface area contributed by atoms with Crippen molar-refractivity contribution in [3.05, 3.63) is 65.1 Å². The van der Waals surface area contributed by atoms with Crippen LogP contribution in [0, 0.1) is 24.1 Å². The minimum Gasteiger partial charge on any atom is -0.384 e. The lowest BCUT2D eigenvalue weighted by Crippen LogP contribution is -2.25. The van der Waals surface area contributed by atoms with Crippen LogP contribution < -0.4 is 5.32 Å². The third-order valence-electron chi connectivity index (χ3n) is 4.82. The zero-order valence-corrected chi connectivity index (χ0v) is 15.0. The highest BCUT2D eigenvalue weighted by atomic mass is 19.1. The van der Waals surface area contributed by atoms with Crippen LogP contribution in [0.4, 0.5) is 4.39 Å². The van der Waals surface area contributed by atoms with Crippen molar-refractivity contribution in [1.82, 2.24) is 5.32 Å². The van der Waals surface area contributed by atoms with Crippen molar-refractivity contribution in [2.75, 3.05) is 6.54 Å². The molecule has 0 aliphatic carbocycles. The molecule has 1 nitrogen and oxygen atoms in total. The Kier molecular flexibility index (Phi) is 5.13. The van der Waals surface area contributed by atoms with Gasteiger partial charge in [-0.3, -0.25) is 0 Å². The fraction of sp³-hybridized carbons (Fsp3) is 0.429. The van der Waals surface area contributed by atoms with Crippen molar-refractivity contribution in [2.24, 2.45) is 11.3 Å². The van der Waals surface area contributed by atoms with Crippen LogP contribution in [0.15, 0.2) is 48.2 Å². The number of allylic oxidation sites excluding steroid dienone is 3. The molecular weight excluding hydrogens is 285 g/mol. The Morgan fingerprint density at radius 1 is 1.39 bits per heavy atom. The zero-order chi connectivity index (χ0) is 17.2. The van der Waals surface area contributed by atoms with E-state index in [0.29, 0.717) is 5.92 Å². The Morgan fingerprint density at radius 2 is 2.09 bits per heavy atom. The van der Waals surface area contributed by atoms with Crippen LogP contribution >= 0.6 is 0 Å². The van der Waals surface area contributed by atoms with E-state index < -0.39 is 0 Å². The van der Waals surface area contributed by atoms with Crippen molar-refractivity contribution in [3.8, 4) is 0 Å². The van der Waals surface area contributed by atoms with Gasteiger partial charge in [-0.15, -0.1) is 0 Å². The molecule has 2 rings (SSSR count). The first kappa shape index (κ1) is 17.5. The molecule has 0 fully saturated rings. The lowest BCUT2D eigenvalue weighted by atomic mass is 9.77. The molecular formula is C21H28FN. The molecule has 23 heavy (non-hydrogen) atoms. The van der Waals surface area contributed by atoms with Gasteiger partial charge in [0.2, 0.25) is 0 Å². The third-order valence-corrected chi connectivity index (χ3v) is 4.82. The first-order chi connectivity index (χ1) is 10.7. The Morgan fingerprint density at radius 3 is 2.70 bits per heavy atom. The van der Waals surface area contributed by atoms with Crippen molar-refractivity contribution < 1.29 is 4.39 Å². The molecule has 0 radical (unpaired) electrons. The molecule has 124 valence electrons. The lowest BCUT2D eigenvalue weighted by molar-refractivity contribution is 0.328. The molecule has 1 aromatic rings.